The minimum Gasteiger partial charge on any atom is -0.356 e. The molecule has 0 fully saturated rings. The Bertz CT molecular complexity index is 1210. The number of benzene rings is 1. The molecule has 3 heterocycles. The van der Waals surface area contributed by atoms with Gasteiger partial charge in [0.15, 0.2) is 0 Å². The zero-order valence-electron chi connectivity index (χ0n) is 21.2. The van der Waals surface area contributed by atoms with Crippen LogP contribution in [0.2, 0.25) is 0 Å². The van der Waals surface area contributed by atoms with Gasteiger partial charge in [0.2, 0.25) is 11.9 Å². The van der Waals surface area contributed by atoms with Gasteiger partial charge in [-0.25, -0.2) is 4.98 Å². The number of rotatable bonds is 5. The lowest BCUT2D eigenvalue weighted by atomic mass is 9.92. The molecule has 1 aliphatic heterocycles. The van der Waals surface area contributed by atoms with Gasteiger partial charge in [0.25, 0.3) is 0 Å². The first-order valence-corrected chi connectivity index (χ1v) is 11.6. The summed E-state index contributed by atoms with van der Waals surface area (Å²) in [4.78, 5) is 25.6. The van der Waals surface area contributed by atoms with Crippen molar-refractivity contribution in [2.75, 3.05) is 27.5 Å². The molecule has 1 atom stereocenters. The Labute approximate surface area is 201 Å². The second-order valence-electron chi connectivity index (χ2n) is 10.1. The summed E-state index contributed by atoms with van der Waals surface area (Å²) in [5.41, 5.74) is 3.72. The molecule has 180 valence electrons. The molecule has 0 radical (unpaired) electrons. The van der Waals surface area contributed by atoms with Crippen LogP contribution in [0.5, 0.6) is 0 Å². The number of hydrogen-bond acceptors (Lipinski definition) is 7. The van der Waals surface area contributed by atoms with Crippen molar-refractivity contribution in [1.82, 2.24) is 19.7 Å². The zero-order valence-corrected chi connectivity index (χ0v) is 21.2. The van der Waals surface area contributed by atoms with Crippen LogP contribution in [0.4, 0.5) is 34.6 Å². The van der Waals surface area contributed by atoms with E-state index in [4.69, 9.17) is 0 Å². The average Bonchev–Trinajstić information content (AvgIpc) is 3.13. The van der Waals surface area contributed by atoms with Crippen LogP contribution in [0, 0.1) is 0 Å². The van der Waals surface area contributed by atoms with Gasteiger partial charge in [-0.1, -0.05) is 20.8 Å². The lowest BCUT2D eigenvalue weighted by Gasteiger charge is -2.42. The quantitative estimate of drug-likeness (QED) is 0.574. The Morgan fingerprint density at radius 1 is 1.03 bits per heavy atom. The summed E-state index contributed by atoms with van der Waals surface area (Å²) >= 11 is 0. The number of carbonyl (C=O) groups is 1. The fourth-order valence-corrected chi connectivity index (χ4v) is 4.24. The van der Waals surface area contributed by atoms with Gasteiger partial charge in [-0.05, 0) is 45.0 Å². The van der Waals surface area contributed by atoms with Crippen molar-refractivity contribution in [2.45, 2.75) is 59.0 Å². The molecule has 3 aromatic rings. The zero-order chi connectivity index (χ0) is 24.8. The molecule has 1 amide bonds. The van der Waals surface area contributed by atoms with Gasteiger partial charge in [0, 0.05) is 43.5 Å². The number of aromatic nitrogens is 4. The second kappa shape index (κ2) is 8.62. The standard InChI is InChI=1S/C25H34N8O/c1-15(2)33-16(3)23(34)31(7)18-10-9-17(13-19(18)33)27-24-26-12-11-21(29-24)28-22-14-20(25(4,5)6)30-32(22)8/h9-16H,1-8H3,(H2,26,27,28,29). The Morgan fingerprint density at radius 3 is 2.41 bits per heavy atom. The molecule has 0 aliphatic carbocycles. The normalized spacial score (nSPS) is 16.1. The van der Waals surface area contributed by atoms with Crippen molar-refractivity contribution < 1.29 is 4.79 Å². The van der Waals surface area contributed by atoms with Gasteiger partial charge in [-0.2, -0.15) is 10.1 Å². The lowest BCUT2D eigenvalue weighted by molar-refractivity contribution is -0.119. The second-order valence-corrected chi connectivity index (χ2v) is 10.1. The van der Waals surface area contributed by atoms with E-state index in [1.54, 1.807) is 11.1 Å². The van der Waals surface area contributed by atoms with E-state index in [9.17, 15) is 4.79 Å². The molecule has 9 nitrogen and oxygen atoms in total. The molecule has 4 rings (SSSR count). The topological polar surface area (TPSA) is 91.2 Å². The molecule has 1 unspecified atom stereocenters. The molecule has 0 saturated heterocycles. The fourth-order valence-electron chi connectivity index (χ4n) is 4.24. The molecule has 2 N–H and O–H groups in total. The van der Waals surface area contributed by atoms with Crippen molar-refractivity contribution in [3.8, 4) is 0 Å². The molecule has 1 aromatic carbocycles. The van der Waals surface area contributed by atoms with Crippen molar-refractivity contribution in [3.05, 3.63) is 42.2 Å². The first-order valence-electron chi connectivity index (χ1n) is 11.6. The van der Waals surface area contributed by atoms with Crippen LogP contribution in [0.3, 0.4) is 0 Å². The van der Waals surface area contributed by atoms with Crippen LogP contribution >= 0.6 is 0 Å². The van der Waals surface area contributed by atoms with Crippen molar-refractivity contribution in [3.63, 3.8) is 0 Å². The van der Waals surface area contributed by atoms with Crippen LogP contribution in [0.25, 0.3) is 0 Å². The van der Waals surface area contributed by atoms with Gasteiger partial charge in [0.05, 0.1) is 17.1 Å². The van der Waals surface area contributed by atoms with Gasteiger partial charge >= 0.3 is 0 Å². The highest BCUT2D eigenvalue weighted by Crippen LogP contribution is 2.39. The van der Waals surface area contributed by atoms with Gasteiger partial charge in [0.1, 0.15) is 17.7 Å². The number of anilines is 6. The number of hydrogen-bond donors (Lipinski definition) is 2. The molecule has 0 bridgehead atoms. The summed E-state index contributed by atoms with van der Waals surface area (Å²) in [6, 6.07) is 9.77. The molecular formula is C25H34N8O. The minimum atomic E-state index is -0.228. The van der Waals surface area contributed by atoms with E-state index in [2.05, 4.69) is 71.3 Å². The Hall–Kier alpha value is -3.62. The van der Waals surface area contributed by atoms with Crippen LogP contribution in [-0.4, -0.2) is 44.8 Å². The molecule has 0 saturated carbocycles. The van der Waals surface area contributed by atoms with Crippen LogP contribution in [0.15, 0.2) is 36.5 Å². The first kappa shape index (κ1) is 23.5. The maximum atomic E-state index is 12.7. The van der Waals surface area contributed by atoms with Crippen LogP contribution < -0.4 is 20.4 Å². The number of nitrogens with one attached hydrogen (secondary N) is 2. The third-order valence-electron chi connectivity index (χ3n) is 6.09. The maximum Gasteiger partial charge on any atom is 0.249 e. The number of amides is 1. The largest absolute Gasteiger partial charge is 0.356 e. The first-order chi connectivity index (χ1) is 16.0. The van der Waals surface area contributed by atoms with E-state index < -0.39 is 0 Å². The molecular weight excluding hydrogens is 428 g/mol. The summed E-state index contributed by atoms with van der Waals surface area (Å²) in [6.07, 6.45) is 1.71. The van der Waals surface area contributed by atoms with Crippen molar-refractivity contribution in [1.29, 1.82) is 0 Å². The number of likely N-dealkylation sites (N-methyl/N-ethyl adjacent to an activating group) is 1. The van der Waals surface area contributed by atoms with Gasteiger partial charge < -0.3 is 20.4 Å². The minimum absolute atomic E-state index is 0.0391. The third kappa shape index (κ3) is 4.42. The lowest BCUT2D eigenvalue weighted by Crippen LogP contribution is -2.53. The fraction of sp³-hybridized carbons (Fsp3) is 0.440. The Morgan fingerprint density at radius 2 is 1.76 bits per heavy atom. The SMILES string of the molecule is CC(C)N1c2cc(Nc3nccc(Nc4cc(C(C)(C)C)nn4C)n3)ccc2N(C)C(=O)C1C. The average molecular weight is 463 g/mol. The molecule has 2 aromatic heterocycles. The van der Waals surface area contributed by atoms with Crippen molar-refractivity contribution in [2.24, 2.45) is 7.05 Å². The van der Waals surface area contributed by atoms with E-state index >= 15 is 0 Å². The van der Waals surface area contributed by atoms with E-state index in [-0.39, 0.29) is 23.4 Å². The summed E-state index contributed by atoms with van der Waals surface area (Å²) < 4.78 is 1.82. The summed E-state index contributed by atoms with van der Waals surface area (Å²) in [5, 5.41) is 11.3. The molecule has 0 spiro atoms. The highest BCUT2D eigenvalue weighted by atomic mass is 16.2. The monoisotopic (exact) mass is 462 g/mol. The predicted molar refractivity (Wildman–Crippen MR) is 137 cm³/mol. The number of fused-ring (bicyclic) bond motifs is 1. The summed E-state index contributed by atoms with van der Waals surface area (Å²) in [6.45, 7) is 12.6. The highest BCUT2D eigenvalue weighted by molar-refractivity contribution is 6.05. The molecule has 9 heteroatoms. The predicted octanol–water partition coefficient (Wildman–Crippen LogP) is 4.57. The van der Waals surface area contributed by atoms with Gasteiger partial charge in [-0.3, -0.25) is 9.48 Å². The Kier molecular flexibility index (Phi) is 5.97. The molecule has 1 aliphatic rings. The smallest absolute Gasteiger partial charge is 0.249 e. The highest BCUT2D eigenvalue weighted by Gasteiger charge is 2.35. The van der Waals surface area contributed by atoms with E-state index in [1.165, 1.54) is 0 Å². The number of carbonyl (C=O) groups excluding carboxylic acids is 1. The van der Waals surface area contributed by atoms with E-state index in [0.717, 1.165) is 28.6 Å². The maximum absolute atomic E-state index is 12.7. The number of nitrogens with zero attached hydrogens (tertiary/aromatic N) is 6. The van der Waals surface area contributed by atoms with Crippen LogP contribution in [0.1, 0.15) is 47.2 Å². The molecule has 34 heavy (non-hydrogen) atoms. The van der Waals surface area contributed by atoms with E-state index in [0.29, 0.717) is 11.8 Å². The van der Waals surface area contributed by atoms with Crippen LogP contribution in [-0.2, 0) is 17.3 Å². The summed E-state index contributed by atoms with van der Waals surface area (Å²) in [7, 11) is 3.73. The third-order valence-corrected chi connectivity index (χ3v) is 6.09. The van der Waals surface area contributed by atoms with Gasteiger partial charge in [-0.15, -0.1) is 0 Å². The van der Waals surface area contributed by atoms with Crippen molar-refractivity contribution >= 4 is 40.6 Å². The van der Waals surface area contributed by atoms with E-state index in [1.807, 2.05) is 50.0 Å². The Balaban J connectivity index is 1.59. The summed E-state index contributed by atoms with van der Waals surface area (Å²) in [5.74, 6) is 2.10. The number of aryl methyl sites for hydroxylation is 1.